The summed E-state index contributed by atoms with van der Waals surface area (Å²) < 4.78 is 6.95. The summed E-state index contributed by atoms with van der Waals surface area (Å²) in [4.78, 5) is 15.9. The number of anilines is 1. The van der Waals surface area contributed by atoms with Crippen molar-refractivity contribution >= 4 is 39.7 Å². The van der Waals surface area contributed by atoms with E-state index in [1.54, 1.807) is 4.57 Å². The van der Waals surface area contributed by atoms with Crippen molar-refractivity contribution in [3.05, 3.63) is 45.4 Å². The first kappa shape index (κ1) is 13.6. The highest BCUT2D eigenvalue weighted by Gasteiger charge is 2.08. The van der Waals surface area contributed by atoms with Gasteiger partial charge in [0.25, 0.3) is 0 Å². The molecule has 0 bridgehead atoms. The summed E-state index contributed by atoms with van der Waals surface area (Å²) in [5.74, 6) is -0.305. The molecule has 0 saturated carbocycles. The lowest BCUT2D eigenvalue weighted by molar-refractivity contribution is 0.502. The maximum atomic E-state index is 11.8. The molecule has 3 rings (SSSR count). The van der Waals surface area contributed by atoms with Gasteiger partial charge in [-0.2, -0.15) is 0 Å². The van der Waals surface area contributed by atoms with Crippen LogP contribution in [0.5, 0.6) is 0 Å². The maximum Gasteiger partial charge on any atom is 0.419 e. The Morgan fingerprint density at radius 3 is 3.00 bits per heavy atom. The lowest BCUT2D eigenvalue weighted by atomic mass is 10.2. The number of benzene rings is 1. The number of oxazole rings is 1. The lowest BCUT2D eigenvalue weighted by Gasteiger charge is -1.98. The molecular formula is C15H15N3O2S. The van der Waals surface area contributed by atoms with E-state index in [0.29, 0.717) is 17.3 Å². The van der Waals surface area contributed by atoms with Crippen LogP contribution in [-0.4, -0.2) is 9.55 Å². The number of hydrogen-bond acceptors (Lipinski definition) is 5. The second kappa shape index (κ2) is 5.57. The highest BCUT2D eigenvalue weighted by molar-refractivity contribution is 7.13. The Labute approximate surface area is 125 Å². The van der Waals surface area contributed by atoms with Gasteiger partial charge in [-0.1, -0.05) is 19.1 Å². The third-order valence-electron chi connectivity index (χ3n) is 3.13. The van der Waals surface area contributed by atoms with Crippen LogP contribution in [0.15, 0.2) is 32.8 Å². The van der Waals surface area contributed by atoms with Gasteiger partial charge >= 0.3 is 5.76 Å². The van der Waals surface area contributed by atoms with E-state index in [2.05, 4.69) is 4.98 Å². The minimum Gasteiger partial charge on any atom is -0.408 e. The minimum atomic E-state index is -0.305. The molecule has 108 valence electrons. The Bertz CT molecular complexity index is 857. The van der Waals surface area contributed by atoms with E-state index in [4.69, 9.17) is 10.2 Å². The van der Waals surface area contributed by atoms with Crippen molar-refractivity contribution < 1.29 is 4.42 Å². The summed E-state index contributed by atoms with van der Waals surface area (Å²) in [6.45, 7) is 2.70. The molecule has 0 radical (unpaired) electrons. The molecule has 21 heavy (non-hydrogen) atoms. The highest BCUT2D eigenvalue weighted by Crippen LogP contribution is 2.18. The Balaban J connectivity index is 1.94. The normalized spacial score (nSPS) is 11.7. The molecule has 0 amide bonds. The Hall–Kier alpha value is -2.34. The van der Waals surface area contributed by atoms with Gasteiger partial charge in [0, 0.05) is 11.9 Å². The van der Waals surface area contributed by atoms with Gasteiger partial charge in [-0.25, -0.2) is 9.78 Å². The number of rotatable bonds is 4. The van der Waals surface area contributed by atoms with Crippen molar-refractivity contribution in [1.82, 2.24) is 9.55 Å². The van der Waals surface area contributed by atoms with E-state index in [-0.39, 0.29) is 5.76 Å². The molecule has 0 spiro atoms. The summed E-state index contributed by atoms with van der Waals surface area (Å²) in [5, 5.41) is 2.44. The van der Waals surface area contributed by atoms with Crippen molar-refractivity contribution in [2.75, 3.05) is 5.73 Å². The molecule has 0 saturated heterocycles. The predicted molar refractivity (Wildman–Crippen MR) is 86.2 cm³/mol. The number of hydrogen-bond donors (Lipinski definition) is 1. The van der Waals surface area contributed by atoms with E-state index in [0.717, 1.165) is 23.2 Å². The van der Waals surface area contributed by atoms with Crippen LogP contribution in [0, 0.1) is 0 Å². The fourth-order valence-electron chi connectivity index (χ4n) is 2.18. The molecule has 3 aromatic rings. The summed E-state index contributed by atoms with van der Waals surface area (Å²) in [6.07, 6.45) is 4.70. The molecule has 0 aliphatic rings. The first-order valence-corrected chi connectivity index (χ1v) is 7.58. The quantitative estimate of drug-likeness (QED) is 0.803. The van der Waals surface area contributed by atoms with Gasteiger partial charge in [0.05, 0.1) is 11.2 Å². The number of thiazole rings is 1. The SMILES string of the molecule is CCCn1c(=O)oc2cc(C=Cc3csc(N)n3)ccc21. The van der Waals surface area contributed by atoms with Crippen molar-refractivity contribution in [1.29, 1.82) is 0 Å². The molecule has 2 aromatic heterocycles. The number of aryl methyl sites for hydroxylation is 1. The summed E-state index contributed by atoms with van der Waals surface area (Å²) in [6, 6.07) is 5.72. The average molecular weight is 301 g/mol. The van der Waals surface area contributed by atoms with E-state index < -0.39 is 0 Å². The van der Waals surface area contributed by atoms with Gasteiger partial charge < -0.3 is 10.2 Å². The monoisotopic (exact) mass is 301 g/mol. The van der Waals surface area contributed by atoms with Gasteiger partial charge in [0.2, 0.25) is 0 Å². The molecule has 1 aromatic carbocycles. The molecular weight excluding hydrogens is 286 g/mol. The molecule has 0 aliphatic carbocycles. The van der Waals surface area contributed by atoms with Crippen LogP contribution >= 0.6 is 11.3 Å². The first-order valence-electron chi connectivity index (χ1n) is 6.70. The van der Waals surface area contributed by atoms with Crippen LogP contribution in [-0.2, 0) is 6.54 Å². The van der Waals surface area contributed by atoms with E-state index in [1.807, 2.05) is 42.7 Å². The van der Waals surface area contributed by atoms with Gasteiger partial charge in [-0.05, 0) is 30.2 Å². The smallest absolute Gasteiger partial charge is 0.408 e. The third kappa shape index (κ3) is 2.75. The van der Waals surface area contributed by atoms with Crippen molar-refractivity contribution in [3.63, 3.8) is 0 Å². The lowest BCUT2D eigenvalue weighted by Crippen LogP contribution is -2.13. The Morgan fingerprint density at radius 1 is 1.43 bits per heavy atom. The standard InChI is InChI=1S/C15H15N3O2S/c1-2-7-18-12-6-4-10(8-13(12)20-15(18)19)3-5-11-9-21-14(16)17-11/h3-6,8-9H,2,7H2,1H3,(H2,16,17). The van der Waals surface area contributed by atoms with Crippen LogP contribution in [0.4, 0.5) is 5.13 Å². The van der Waals surface area contributed by atoms with Crippen LogP contribution in [0.1, 0.15) is 24.6 Å². The van der Waals surface area contributed by atoms with Gasteiger partial charge in [-0.3, -0.25) is 4.57 Å². The molecule has 0 atom stereocenters. The first-order chi connectivity index (χ1) is 10.2. The van der Waals surface area contributed by atoms with Crippen LogP contribution in [0.3, 0.4) is 0 Å². The minimum absolute atomic E-state index is 0.305. The van der Waals surface area contributed by atoms with Gasteiger partial charge in [0.1, 0.15) is 0 Å². The number of fused-ring (bicyclic) bond motifs is 1. The summed E-state index contributed by atoms with van der Waals surface area (Å²) in [5.41, 5.74) is 8.80. The van der Waals surface area contributed by atoms with Crippen LogP contribution in [0.25, 0.3) is 23.3 Å². The van der Waals surface area contributed by atoms with Crippen molar-refractivity contribution in [3.8, 4) is 0 Å². The second-order valence-corrected chi connectivity index (χ2v) is 5.58. The average Bonchev–Trinajstić information content (AvgIpc) is 3.01. The van der Waals surface area contributed by atoms with Gasteiger partial charge in [0.15, 0.2) is 10.7 Å². The molecule has 0 fully saturated rings. The third-order valence-corrected chi connectivity index (χ3v) is 3.82. The number of nitrogens with zero attached hydrogens (tertiary/aromatic N) is 2. The second-order valence-electron chi connectivity index (χ2n) is 4.69. The zero-order chi connectivity index (χ0) is 14.8. The fraction of sp³-hybridized carbons (Fsp3) is 0.200. The number of nitrogen functional groups attached to an aromatic ring is 1. The van der Waals surface area contributed by atoms with E-state index >= 15 is 0 Å². The predicted octanol–water partition coefficient (Wildman–Crippen LogP) is 3.21. The molecule has 0 unspecified atom stereocenters. The molecule has 5 nitrogen and oxygen atoms in total. The largest absolute Gasteiger partial charge is 0.419 e. The van der Waals surface area contributed by atoms with Crippen LogP contribution in [0.2, 0.25) is 0 Å². The van der Waals surface area contributed by atoms with Crippen molar-refractivity contribution in [2.24, 2.45) is 0 Å². The van der Waals surface area contributed by atoms with E-state index in [9.17, 15) is 4.79 Å². The zero-order valence-electron chi connectivity index (χ0n) is 11.6. The highest BCUT2D eigenvalue weighted by atomic mass is 32.1. The van der Waals surface area contributed by atoms with E-state index in [1.165, 1.54) is 11.3 Å². The summed E-state index contributed by atoms with van der Waals surface area (Å²) >= 11 is 1.41. The molecule has 2 N–H and O–H groups in total. The molecule has 0 aliphatic heterocycles. The topological polar surface area (TPSA) is 74.0 Å². The maximum absolute atomic E-state index is 11.8. The zero-order valence-corrected chi connectivity index (χ0v) is 12.4. The molecule has 2 heterocycles. The molecule has 6 heteroatoms. The fourth-order valence-corrected chi connectivity index (χ4v) is 2.71. The Kier molecular flexibility index (Phi) is 3.62. The summed E-state index contributed by atoms with van der Waals surface area (Å²) in [7, 11) is 0. The number of nitrogens with two attached hydrogens (primary N) is 1. The Morgan fingerprint density at radius 2 is 2.29 bits per heavy atom. The van der Waals surface area contributed by atoms with Crippen molar-refractivity contribution in [2.45, 2.75) is 19.9 Å². The number of aromatic nitrogens is 2. The van der Waals surface area contributed by atoms with Crippen LogP contribution < -0.4 is 11.5 Å². The van der Waals surface area contributed by atoms with Gasteiger partial charge in [-0.15, -0.1) is 11.3 Å².